The van der Waals surface area contributed by atoms with Gasteiger partial charge < -0.3 is 10.1 Å². The van der Waals surface area contributed by atoms with E-state index >= 15 is 0 Å². The molecular formula is C13H19Cl2NO. The molecule has 0 bridgehead atoms. The van der Waals surface area contributed by atoms with Gasteiger partial charge in [-0.05, 0) is 43.0 Å². The molecule has 1 fully saturated rings. The average Bonchev–Trinajstić information content (AvgIpc) is 2.30. The zero-order valence-corrected chi connectivity index (χ0v) is 11.4. The minimum atomic E-state index is 0. The third-order valence-corrected chi connectivity index (χ3v) is 3.15. The van der Waals surface area contributed by atoms with Gasteiger partial charge in [-0.1, -0.05) is 23.7 Å². The van der Waals surface area contributed by atoms with Gasteiger partial charge in [-0.3, -0.25) is 0 Å². The molecule has 1 N–H and O–H groups in total. The summed E-state index contributed by atoms with van der Waals surface area (Å²) < 4.78 is 5.72. The third-order valence-electron chi connectivity index (χ3n) is 2.91. The number of rotatable bonds is 4. The largest absolute Gasteiger partial charge is 0.376 e. The van der Waals surface area contributed by atoms with Gasteiger partial charge in [0.25, 0.3) is 0 Å². The van der Waals surface area contributed by atoms with Gasteiger partial charge in [0, 0.05) is 11.6 Å². The Balaban J connectivity index is 0.00000144. The minimum Gasteiger partial charge on any atom is -0.376 e. The van der Waals surface area contributed by atoms with E-state index < -0.39 is 0 Å². The molecule has 2 nitrogen and oxygen atoms in total. The van der Waals surface area contributed by atoms with Crippen LogP contribution in [0, 0.1) is 5.92 Å². The van der Waals surface area contributed by atoms with Gasteiger partial charge in [0.1, 0.15) is 0 Å². The van der Waals surface area contributed by atoms with Crippen LogP contribution in [0.2, 0.25) is 5.02 Å². The second-order valence-electron chi connectivity index (χ2n) is 4.36. The summed E-state index contributed by atoms with van der Waals surface area (Å²) in [6, 6.07) is 7.85. The van der Waals surface area contributed by atoms with Crippen molar-refractivity contribution in [1.82, 2.24) is 5.32 Å². The first-order chi connectivity index (χ1) is 7.84. The molecule has 1 saturated heterocycles. The van der Waals surface area contributed by atoms with Crippen molar-refractivity contribution in [2.45, 2.75) is 19.4 Å². The smallest absolute Gasteiger partial charge is 0.0717 e. The second-order valence-corrected chi connectivity index (χ2v) is 4.79. The van der Waals surface area contributed by atoms with Crippen molar-refractivity contribution in [1.29, 1.82) is 0 Å². The van der Waals surface area contributed by atoms with Crippen molar-refractivity contribution in [3.63, 3.8) is 0 Å². The molecule has 0 amide bonds. The van der Waals surface area contributed by atoms with Gasteiger partial charge in [-0.15, -0.1) is 12.4 Å². The Labute approximate surface area is 114 Å². The number of piperidine rings is 1. The molecule has 1 aliphatic heterocycles. The summed E-state index contributed by atoms with van der Waals surface area (Å²) in [5, 5.41) is 4.17. The number of halogens is 2. The van der Waals surface area contributed by atoms with E-state index in [9.17, 15) is 0 Å². The lowest BCUT2D eigenvalue weighted by Gasteiger charge is -2.22. The number of hydrogen-bond acceptors (Lipinski definition) is 2. The lowest BCUT2D eigenvalue weighted by Crippen LogP contribution is -2.32. The van der Waals surface area contributed by atoms with Crippen molar-refractivity contribution in [3.05, 3.63) is 34.9 Å². The van der Waals surface area contributed by atoms with Crippen LogP contribution in [0.25, 0.3) is 0 Å². The molecule has 96 valence electrons. The summed E-state index contributed by atoms with van der Waals surface area (Å²) in [4.78, 5) is 0. The summed E-state index contributed by atoms with van der Waals surface area (Å²) in [5.41, 5.74) is 1.15. The predicted molar refractivity (Wildman–Crippen MR) is 73.9 cm³/mol. The fraction of sp³-hybridized carbons (Fsp3) is 0.538. The average molecular weight is 276 g/mol. The summed E-state index contributed by atoms with van der Waals surface area (Å²) >= 11 is 5.91. The summed E-state index contributed by atoms with van der Waals surface area (Å²) in [5.74, 6) is 0.674. The summed E-state index contributed by atoms with van der Waals surface area (Å²) in [6.07, 6.45) is 2.55. The van der Waals surface area contributed by atoms with Crippen LogP contribution in [0.5, 0.6) is 0 Å². The van der Waals surface area contributed by atoms with Crippen LogP contribution < -0.4 is 5.32 Å². The summed E-state index contributed by atoms with van der Waals surface area (Å²) in [6.45, 7) is 3.76. The van der Waals surface area contributed by atoms with E-state index in [0.717, 1.165) is 30.3 Å². The Hall–Kier alpha value is -0.280. The zero-order valence-electron chi connectivity index (χ0n) is 9.82. The molecular weight excluding hydrogens is 257 g/mol. The van der Waals surface area contributed by atoms with E-state index in [0.29, 0.717) is 12.5 Å². The van der Waals surface area contributed by atoms with Crippen molar-refractivity contribution >= 4 is 24.0 Å². The first kappa shape index (κ1) is 14.8. The number of hydrogen-bond donors (Lipinski definition) is 1. The van der Waals surface area contributed by atoms with E-state index in [1.54, 1.807) is 0 Å². The molecule has 4 heteroatoms. The lowest BCUT2D eigenvalue weighted by atomic mass is 10.0. The van der Waals surface area contributed by atoms with Crippen LogP contribution >= 0.6 is 24.0 Å². The maximum atomic E-state index is 5.91. The van der Waals surface area contributed by atoms with E-state index in [4.69, 9.17) is 16.3 Å². The highest BCUT2D eigenvalue weighted by Gasteiger charge is 2.12. The van der Waals surface area contributed by atoms with Gasteiger partial charge in [0.2, 0.25) is 0 Å². The monoisotopic (exact) mass is 275 g/mol. The normalized spacial score (nSPS) is 19.7. The van der Waals surface area contributed by atoms with Crippen LogP contribution in [0.15, 0.2) is 24.3 Å². The Morgan fingerprint density at radius 2 is 2.29 bits per heavy atom. The van der Waals surface area contributed by atoms with Gasteiger partial charge >= 0.3 is 0 Å². The van der Waals surface area contributed by atoms with Crippen LogP contribution in [-0.2, 0) is 11.3 Å². The molecule has 1 heterocycles. The number of benzene rings is 1. The van der Waals surface area contributed by atoms with Crippen molar-refractivity contribution in [3.8, 4) is 0 Å². The molecule has 0 spiro atoms. The maximum absolute atomic E-state index is 5.91. The topological polar surface area (TPSA) is 21.3 Å². The quantitative estimate of drug-likeness (QED) is 0.911. The van der Waals surface area contributed by atoms with Gasteiger partial charge in [-0.25, -0.2) is 0 Å². The molecule has 0 aliphatic carbocycles. The fourth-order valence-corrected chi connectivity index (χ4v) is 2.25. The molecule has 1 atom stereocenters. The standard InChI is InChI=1S/C13H18ClNO.ClH/c14-13-5-1-3-11(7-13)9-16-10-12-4-2-6-15-8-12;/h1,3,5,7,12,15H,2,4,6,8-10H2;1H. The number of nitrogens with one attached hydrogen (secondary N) is 1. The summed E-state index contributed by atoms with van der Waals surface area (Å²) in [7, 11) is 0. The molecule has 0 radical (unpaired) electrons. The van der Waals surface area contributed by atoms with Crippen molar-refractivity contribution < 1.29 is 4.74 Å². The van der Waals surface area contributed by atoms with E-state index in [-0.39, 0.29) is 12.4 Å². The fourth-order valence-electron chi connectivity index (χ4n) is 2.04. The Morgan fingerprint density at radius 3 is 3.00 bits per heavy atom. The zero-order chi connectivity index (χ0) is 11.2. The molecule has 1 aliphatic rings. The van der Waals surface area contributed by atoms with Crippen molar-refractivity contribution in [2.75, 3.05) is 19.7 Å². The highest BCUT2D eigenvalue weighted by Crippen LogP contribution is 2.14. The first-order valence-corrected chi connectivity index (χ1v) is 6.25. The third kappa shape index (κ3) is 5.26. The minimum absolute atomic E-state index is 0. The van der Waals surface area contributed by atoms with Gasteiger partial charge in [0.05, 0.1) is 13.2 Å². The predicted octanol–water partition coefficient (Wildman–Crippen LogP) is 3.28. The van der Waals surface area contributed by atoms with Crippen molar-refractivity contribution in [2.24, 2.45) is 5.92 Å². The van der Waals surface area contributed by atoms with Crippen LogP contribution in [0.4, 0.5) is 0 Å². The molecule has 0 saturated carbocycles. The second kappa shape index (κ2) is 7.93. The Kier molecular flexibility index (Phi) is 6.90. The van der Waals surface area contributed by atoms with E-state index in [2.05, 4.69) is 5.32 Å². The van der Waals surface area contributed by atoms with Crippen LogP contribution in [0.1, 0.15) is 18.4 Å². The highest BCUT2D eigenvalue weighted by atomic mass is 35.5. The molecule has 1 aromatic rings. The van der Waals surface area contributed by atoms with Crippen LogP contribution in [-0.4, -0.2) is 19.7 Å². The molecule has 2 rings (SSSR count). The number of ether oxygens (including phenoxy) is 1. The first-order valence-electron chi connectivity index (χ1n) is 5.87. The molecule has 1 aromatic carbocycles. The SMILES string of the molecule is Cl.Clc1cccc(COCC2CCCNC2)c1. The van der Waals surface area contributed by atoms with Crippen LogP contribution in [0.3, 0.4) is 0 Å². The Morgan fingerprint density at radius 1 is 1.41 bits per heavy atom. The molecule has 0 aromatic heterocycles. The van der Waals surface area contributed by atoms with Gasteiger partial charge in [0.15, 0.2) is 0 Å². The lowest BCUT2D eigenvalue weighted by molar-refractivity contribution is 0.0783. The van der Waals surface area contributed by atoms with E-state index in [1.807, 2.05) is 24.3 Å². The molecule has 1 unspecified atom stereocenters. The molecule has 17 heavy (non-hydrogen) atoms. The highest BCUT2D eigenvalue weighted by molar-refractivity contribution is 6.30. The maximum Gasteiger partial charge on any atom is 0.0717 e. The van der Waals surface area contributed by atoms with E-state index in [1.165, 1.54) is 12.8 Å². The Bertz CT molecular complexity index is 327. The van der Waals surface area contributed by atoms with Gasteiger partial charge in [-0.2, -0.15) is 0 Å².